The molecular formula is C28H21ClO5. The van der Waals surface area contributed by atoms with Gasteiger partial charge in [0.05, 0.1) is 22.8 Å². The molecule has 0 N–H and O–H groups in total. The highest BCUT2D eigenvalue weighted by Gasteiger charge is 2.26. The lowest BCUT2D eigenvalue weighted by molar-refractivity contribution is -2.00. The Morgan fingerprint density at radius 2 is 1.03 bits per heavy atom. The zero-order valence-corrected chi connectivity index (χ0v) is 19.1. The van der Waals surface area contributed by atoms with Crippen molar-refractivity contribution in [1.29, 1.82) is 0 Å². The minimum atomic E-state index is -4.94. The number of hydrogen-bond donors (Lipinski definition) is 0. The third kappa shape index (κ3) is 5.66. The standard InChI is InChI=1S/C28H21O.ClHO4/c1-20-26(25-18-17-21-11-5-4-10-16-24(21)25)19-27(22-12-6-2-7-13-22)29-28(20)23-14-8-3-9-15-23;2-1(3,4)5/h2-19H,1H3;(H,2,3,4,5)/q+1;/p-1. The van der Waals surface area contributed by atoms with Crippen molar-refractivity contribution in [2.75, 3.05) is 0 Å². The van der Waals surface area contributed by atoms with Crippen LogP contribution in [0.2, 0.25) is 0 Å². The molecule has 0 fully saturated rings. The third-order valence-electron chi connectivity index (χ3n) is 5.41. The quantitative estimate of drug-likeness (QED) is 0.375. The highest BCUT2D eigenvalue weighted by Crippen LogP contribution is 2.41. The molecule has 170 valence electrons. The maximum atomic E-state index is 8.49. The van der Waals surface area contributed by atoms with Crippen LogP contribution in [-0.2, 0) is 0 Å². The summed E-state index contributed by atoms with van der Waals surface area (Å²) in [6, 6.07) is 37.9. The van der Waals surface area contributed by atoms with Gasteiger partial charge in [-0.25, -0.2) is 23.1 Å². The largest absolute Gasteiger partial charge is 0.364 e. The van der Waals surface area contributed by atoms with Gasteiger partial charge in [0.1, 0.15) is 0 Å². The van der Waals surface area contributed by atoms with Crippen LogP contribution in [-0.4, -0.2) is 0 Å². The van der Waals surface area contributed by atoms with Crippen molar-refractivity contribution in [3.63, 3.8) is 0 Å². The summed E-state index contributed by atoms with van der Waals surface area (Å²) in [6.07, 6.45) is 0. The van der Waals surface area contributed by atoms with Gasteiger partial charge in [0.25, 0.3) is 0 Å². The van der Waals surface area contributed by atoms with Gasteiger partial charge in [0.2, 0.25) is 0 Å². The molecule has 0 radical (unpaired) electrons. The van der Waals surface area contributed by atoms with E-state index >= 15 is 0 Å². The first kappa shape index (κ1) is 23.6. The van der Waals surface area contributed by atoms with Gasteiger partial charge in [0.15, 0.2) is 0 Å². The zero-order chi connectivity index (χ0) is 24.1. The molecule has 5 nitrogen and oxygen atoms in total. The lowest BCUT2D eigenvalue weighted by Gasteiger charge is -2.17. The fourth-order valence-corrected chi connectivity index (χ4v) is 3.92. The van der Waals surface area contributed by atoms with E-state index in [1.807, 2.05) is 24.3 Å². The molecule has 0 unspecified atom stereocenters. The average Bonchev–Trinajstić information content (AvgIpc) is 3.07. The number of benzene rings is 2. The van der Waals surface area contributed by atoms with Crippen LogP contribution < -0.4 is 18.6 Å². The van der Waals surface area contributed by atoms with Crippen LogP contribution in [0.1, 0.15) is 5.56 Å². The molecule has 3 aromatic rings. The predicted octanol–water partition coefficient (Wildman–Crippen LogP) is 3.22. The Balaban J connectivity index is 0.000000499. The van der Waals surface area contributed by atoms with E-state index in [0.717, 1.165) is 28.2 Å². The molecule has 2 aliphatic carbocycles. The van der Waals surface area contributed by atoms with E-state index in [-0.39, 0.29) is 0 Å². The van der Waals surface area contributed by atoms with Crippen LogP contribution in [0, 0.1) is 17.2 Å². The van der Waals surface area contributed by atoms with Crippen LogP contribution in [0.25, 0.3) is 44.9 Å². The predicted molar refractivity (Wildman–Crippen MR) is 121 cm³/mol. The highest BCUT2D eigenvalue weighted by atomic mass is 35.7. The van der Waals surface area contributed by atoms with Gasteiger partial charge in [-0.15, -0.1) is 10.2 Å². The molecule has 6 heteroatoms. The van der Waals surface area contributed by atoms with E-state index in [0.29, 0.717) is 0 Å². The lowest BCUT2D eigenvalue weighted by atomic mass is 9.95. The maximum Gasteiger partial charge on any atom is 0.364 e. The van der Waals surface area contributed by atoms with Crippen LogP contribution in [0.5, 0.6) is 0 Å². The van der Waals surface area contributed by atoms with Crippen LogP contribution >= 0.6 is 0 Å². The van der Waals surface area contributed by atoms with Gasteiger partial charge in [0, 0.05) is 5.56 Å². The summed E-state index contributed by atoms with van der Waals surface area (Å²) in [4.78, 5) is 0. The molecule has 0 atom stereocenters. The average molecular weight is 473 g/mol. The molecule has 1 aromatic heterocycles. The SMILES string of the molecule is Cc1c(-c2ccc3cccccc2-3)cc(-c2ccccc2)[o+]c1-c1ccccc1.[O-][Cl+3]([O-])([O-])[O-]. The Morgan fingerprint density at radius 3 is 1.62 bits per heavy atom. The van der Waals surface area contributed by atoms with Gasteiger partial charge in [-0.05, 0) is 47.9 Å². The van der Waals surface area contributed by atoms with E-state index < -0.39 is 10.2 Å². The molecule has 2 aliphatic rings. The van der Waals surface area contributed by atoms with E-state index in [9.17, 15) is 0 Å². The number of fused-ring (bicyclic) bond motifs is 1. The molecule has 1 heterocycles. The van der Waals surface area contributed by atoms with Crippen molar-refractivity contribution in [1.82, 2.24) is 0 Å². The zero-order valence-electron chi connectivity index (χ0n) is 18.3. The summed E-state index contributed by atoms with van der Waals surface area (Å²) < 4.78 is 40.4. The smallest absolute Gasteiger partial charge is 0.222 e. The minimum Gasteiger partial charge on any atom is -0.222 e. The number of hydrogen-bond acceptors (Lipinski definition) is 4. The normalized spacial score (nSPS) is 11.1. The monoisotopic (exact) mass is 472 g/mol. The van der Waals surface area contributed by atoms with Crippen molar-refractivity contribution in [3.05, 3.63) is 115 Å². The van der Waals surface area contributed by atoms with Crippen molar-refractivity contribution >= 4 is 0 Å². The lowest BCUT2D eigenvalue weighted by Crippen LogP contribution is -2.68. The highest BCUT2D eigenvalue weighted by molar-refractivity contribution is 5.90. The Bertz CT molecular complexity index is 1340. The second-order valence-electron chi connectivity index (χ2n) is 7.62. The van der Waals surface area contributed by atoms with E-state index in [1.54, 1.807) is 0 Å². The third-order valence-corrected chi connectivity index (χ3v) is 5.41. The second-order valence-corrected chi connectivity index (χ2v) is 8.37. The molecule has 0 spiro atoms. The fraction of sp³-hybridized carbons (Fsp3) is 0.0357. The van der Waals surface area contributed by atoms with Gasteiger partial charge in [-0.1, -0.05) is 78.9 Å². The summed E-state index contributed by atoms with van der Waals surface area (Å²) in [5.41, 5.74) is 8.25. The maximum absolute atomic E-state index is 8.49. The summed E-state index contributed by atoms with van der Waals surface area (Å²) in [5.74, 6) is 1.79. The van der Waals surface area contributed by atoms with Gasteiger partial charge in [-0.2, -0.15) is 0 Å². The molecule has 0 aliphatic heterocycles. The minimum absolute atomic E-state index is 0.875. The first-order chi connectivity index (χ1) is 16.3. The Morgan fingerprint density at radius 1 is 0.529 bits per heavy atom. The first-order valence-electron chi connectivity index (χ1n) is 10.5. The van der Waals surface area contributed by atoms with E-state index in [4.69, 9.17) is 23.1 Å². The Kier molecular flexibility index (Phi) is 7.03. The van der Waals surface area contributed by atoms with E-state index in [1.165, 1.54) is 22.3 Å². The molecule has 5 rings (SSSR count). The molecule has 0 saturated carbocycles. The van der Waals surface area contributed by atoms with Crippen molar-refractivity contribution in [2.24, 2.45) is 0 Å². The summed E-state index contributed by atoms with van der Waals surface area (Å²) in [6.45, 7) is 2.15. The molecular weight excluding hydrogens is 452 g/mol. The van der Waals surface area contributed by atoms with Crippen molar-refractivity contribution in [2.45, 2.75) is 6.92 Å². The summed E-state index contributed by atoms with van der Waals surface area (Å²) in [7, 11) is -4.94. The fourth-order valence-electron chi connectivity index (χ4n) is 3.92. The molecule has 2 aromatic carbocycles. The molecule has 34 heavy (non-hydrogen) atoms. The number of halogens is 1. The summed E-state index contributed by atoms with van der Waals surface area (Å²) in [5, 5.41) is 0. The molecule has 0 saturated heterocycles. The van der Waals surface area contributed by atoms with Crippen LogP contribution in [0.15, 0.2) is 114 Å². The van der Waals surface area contributed by atoms with Crippen molar-refractivity contribution < 1.29 is 33.3 Å². The van der Waals surface area contributed by atoms with Crippen LogP contribution in [0.3, 0.4) is 0 Å². The van der Waals surface area contributed by atoms with E-state index in [2.05, 4.69) is 91.9 Å². The van der Waals surface area contributed by atoms with Crippen molar-refractivity contribution in [3.8, 4) is 44.9 Å². The molecule has 0 amide bonds. The van der Waals surface area contributed by atoms with Gasteiger partial charge in [-0.3, -0.25) is 0 Å². The Labute approximate surface area is 199 Å². The Hall–Kier alpha value is -3.58. The van der Waals surface area contributed by atoms with Gasteiger partial charge >= 0.3 is 11.5 Å². The first-order valence-corrected chi connectivity index (χ1v) is 11.7. The topological polar surface area (TPSA) is 104 Å². The summed E-state index contributed by atoms with van der Waals surface area (Å²) >= 11 is 0. The van der Waals surface area contributed by atoms with Crippen LogP contribution in [0.4, 0.5) is 0 Å². The van der Waals surface area contributed by atoms with Gasteiger partial charge < -0.3 is 0 Å². The second kappa shape index (κ2) is 10.1. The number of rotatable bonds is 3. The molecule has 0 bridgehead atoms.